The Morgan fingerprint density at radius 2 is 2.00 bits per heavy atom. The van der Waals surface area contributed by atoms with Crippen molar-refractivity contribution >= 4 is 5.91 Å². The van der Waals surface area contributed by atoms with Crippen LogP contribution in [0.25, 0.3) is 0 Å². The fourth-order valence-corrected chi connectivity index (χ4v) is 1.19. The minimum atomic E-state index is -0.00641. The van der Waals surface area contributed by atoms with E-state index in [0.717, 1.165) is 6.54 Å². The van der Waals surface area contributed by atoms with Gasteiger partial charge in [-0.05, 0) is 19.1 Å². The van der Waals surface area contributed by atoms with Gasteiger partial charge in [0, 0.05) is 18.8 Å². The van der Waals surface area contributed by atoms with Crippen LogP contribution in [0.5, 0.6) is 0 Å². The Labute approximate surface area is 97.2 Å². The Balaban J connectivity index is 0.00000106. The van der Waals surface area contributed by atoms with Crippen molar-refractivity contribution in [3.05, 3.63) is 23.7 Å². The summed E-state index contributed by atoms with van der Waals surface area (Å²) in [5.41, 5.74) is 11.8. The molecule has 0 aromatic rings. The van der Waals surface area contributed by atoms with E-state index in [9.17, 15) is 4.79 Å². The van der Waals surface area contributed by atoms with Crippen molar-refractivity contribution in [3.8, 4) is 0 Å². The number of nitrogens with one attached hydrogen (secondary N) is 1. The summed E-state index contributed by atoms with van der Waals surface area (Å²) in [6.45, 7) is 7.49. The molecule has 0 aromatic heterocycles. The van der Waals surface area contributed by atoms with Crippen LogP contribution in [0.4, 0.5) is 0 Å². The van der Waals surface area contributed by atoms with Crippen molar-refractivity contribution in [3.63, 3.8) is 0 Å². The molecule has 0 spiro atoms. The summed E-state index contributed by atoms with van der Waals surface area (Å²) >= 11 is 0. The standard InChI is InChI=1S/C9H16N4O.C2H6/c1-7(10)2-3-8(11)13-5-4-12-6-9(13)14;1-2/h2-3,12H,4-6,10-11H2,1H3;1-2H3/b7-2-,8-3+;. The topological polar surface area (TPSA) is 84.4 Å². The monoisotopic (exact) mass is 226 g/mol. The Morgan fingerprint density at radius 3 is 2.50 bits per heavy atom. The van der Waals surface area contributed by atoms with E-state index in [-0.39, 0.29) is 5.91 Å². The molecule has 5 heteroatoms. The zero-order valence-corrected chi connectivity index (χ0v) is 10.3. The number of amides is 1. The number of carbonyl (C=O) groups excluding carboxylic acids is 1. The van der Waals surface area contributed by atoms with Crippen LogP contribution in [0.1, 0.15) is 20.8 Å². The summed E-state index contributed by atoms with van der Waals surface area (Å²) in [6.07, 6.45) is 3.34. The summed E-state index contributed by atoms with van der Waals surface area (Å²) in [5.74, 6) is 0.439. The van der Waals surface area contributed by atoms with E-state index < -0.39 is 0 Å². The highest BCUT2D eigenvalue weighted by molar-refractivity contribution is 5.80. The quantitative estimate of drug-likeness (QED) is 0.583. The molecule has 1 rings (SSSR count). The Morgan fingerprint density at radius 1 is 1.38 bits per heavy atom. The zero-order valence-electron chi connectivity index (χ0n) is 10.3. The van der Waals surface area contributed by atoms with Gasteiger partial charge in [-0.1, -0.05) is 13.8 Å². The molecule has 0 aromatic carbocycles. The third-order valence-electron chi connectivity index (χ3n) is 1.92. The Hall–Kier alpha value is -1.49. The van der Waals surface area contributed by atoms with Crippen LogP contribution in [-0.2, 0) is 4.79 Å². The second-order valence-corrected chi connectivity index (χ2v) is 3.22. The summed E-state index contributed by atoms with van der Waals surface area (Å²) in [4.78, 5) is 12.9. The molecule has 0 atom stereocenters. The van der Waals surface area contributed by atoms with Gasteiger partial charge in [-0.25, -0.2) is 0 Å². The van der Waals surface area contributed by atoms with Gasteiger partial charge < -0.3 is 16.8 Å². The zero-order chi connectivity index (χ0) is 12.6. The van der Waals surface area contributed by atoms with Gasteiger partial charge in [0.1, 0.15) is 5.82 Å². The average Bonchev–Trinajstić information content (AvgIpc) is 2.29. The largest absolute Gasteiger partial charge is 0.402 e. The van der Waals surface area contributed by atoms with E-state index in [1.807, 2.05) is 13.8 Å². The maximum absolute atomic E-state index is 11.4. The van der Waals surface area contributed by atoms with Gasteiger partial charge in [0.05, 0.1) is 6.54 Å². The van der Waals surface area contributed by atoms with Crippen LogP contribution in [0, 0.1) is 0 Å². The summed E-state index contributed by atoms with van der Waals surface area (Å²) in [7, 11) is 0. The summed E-state index contributed by atoms with van der Waals surface area (Å²) in [6, 6.07) is 0. The smallest absolute Gasteiger partial charge is 0.242 e. The lowest BCUT2D eigenvalue weighted by molar-refractivity contribution is -0.129. The van der Waals surface area contributed by atoms with E-state index in [4.69, 9.17) is 11.5 Å². The van der Waals surface area contributed by atoms with E-state index >= 15 is 0 Å². The van der Waals surface area contributed by atoms with Gasteiger partial charge in [-0.15, -0.1) is 0 Å². The maximum atomic E-state index is 11.4. The lowest BCUT2D eigenvalue weighted by Crippen LogP contribution is -2.48. The molecule has 1 heterocycles. The predicted octanol–water partition coefficient (Wildman–Crippen LogP) is 0.107. The lowest BCUT2D eigenvalue weighted by atomic mass is 10.3. The van der Waals surface area contributed by atoms with Crippen molar-refractivity contribution in [1.29, 1.82) is 0 Å². The SMILES string of the molecule is C/C(N)=C/C=C(\N)N1CCNCC1=O.CC. The molecular weight excluding hydrogens is 204 g/mol. The van der Waals surface area contributed by atoms with Crippen LogP contribution in [0.3, 0.4) is 0 Å². The first-order chi connectivity index (χ1) is 7.61. The minimum Gasteiger partial charge on any atom is -0.402 e. The van der Waals surface area contributed by atoms with Crippen molar-refractivity contribution in [1.82, 2.24) is 10.2 Å². The molecule has 1 fully saturated rings. The Kier molecular flexibility index (Phi) is 7.03. The molecule has 0 saturated carbocycles. The fourth-order valence-electron chi connectivity index (χ4n) is 1.19. The summed E-state index contributed by atoms with van der Waals surface area (Å²) in [5, 5.41) is 2.97. The predicted molar refractivity (Wildman–Crippen MR) is 66.1 cm³/mol. The Bertz CT molecular complexity index is 280. The molecule has 5 N–H and O–H groups in total. The van der Waals surface area contributed by atoms with Crippen molar-refractivity contribution in [2.45, 2.75) is 20.8 Å². The van der Waals surface area contributed by atoms with Gasteiger partial charge in [0.25, 0.3) is 0 Å². The number of nitrogens with zero attached hydrogens (tertiary/aromatic N) is 1. The van der Waals surface area contributed by atoms with E-state index in [1.165, 1.54) is 0 Å². The third kappa shape index (κ3) is 4.84. The molecule has 5 nitrogen and oxygen atoms in total. The number of hydrogen-bond donors (Lipinski definition) is 3. The highest BCUT2D eigenvalue weighted by Gasteiger charge is 2.18. The molecular formula is C11H22N4O. The molecule has 1 amide bonds. The normalized spacial score (nSPS) is 17.9. The molecule has 1 aliphatic heterocycles. The highest BCUT2D eigenvalue weighted by Crippen LogP contribution is 2.01. The number of hydrogen-bond acceptors (Lipinski definition) is 4. The molecule has 92 valence electrons. The van der Waals surface area contributed by atoms with Gasteiger partial charge in [0.2, 0.25) is 5.91 Å². The second-order valence-electron chi connectivity index (χ2n) is 3.22. The van der Waals surface area contributed by atoms with Gasteiger partial charge >= 0.3 is 0 Å². The van der Waals surface area contributed by atoms with E-state index in [1.54, 1.807) is 24.0 Å². The van der Waals surface area contributed by atoms with Crippen LogP contribution < -0.4 is 16.8 Å². The van der Waals surface area contributed by atoms with Crippen LogP contribution in [-0.4, -0.2) is 30.4 Å². The molecule has 1 aliphatic rings. The lowest BCUT2D eigenvalue weighted by Gasteiger charge is -2.27. The first kappa shape index (κ1) is 14.5. The van der Waals surface area contributed by atoms with Crippen LogP contribution >= 0.6 is 0 Å². The number of allylic oxidation sites excluding steroid dienone is 3. The second kappa shape index (κ2) is 7.76. The van der Waals surface area contributed by atoms with Gasteiger partial charge in [-0.3, -0.25) is 9.69 Å². The van der Waals surface area contributed by atoms with Crippen molar-refractivity contribution in [2.24, 2.45) is 11.5 Å². The minimum absolute atomic E-state index is 0.00641. The third-order valence-corrected chi connectivity index (χ3v) is 1.92. The van der Waals surface area contributed by atoms with Gasteiger partial charge in [-0.2, -0.15) is 0 Å². The molecule has 0 unspecified atom stereocenters. The first-order valence-electron chi connectivity index (χ1n) is 5.52. The van der Waals surface area contributed by atoms with E-state index in [2.05, 4.69) is 5.32 Å². The van der Waals surface area contributed by atoms with Crippen LogP contribution in [0.15, 0.2) is 23.7 Å². The van der Waals surface area contributed by atoms with Crippen LogP contribution in [0.2, 0.25) is 0 Å². The first-order valence-corrected chi connectivity index (χ1v) is 5.52. The highest BCUT2D eigenvalue weighted by atomic mass is 16.2. The number of nitrogens with two attached hydrogens (primary N) is 2. The molecule has 1 saturated heterocycles. The average molecular weight is 226 g/mol. The maximum Gasteiger partial charge on any atom is 0.242 e. The molecule has 0 radical (unpaired) electrons. The van der Waals surface area contributed by atoms with Crippen molar-refractivity contribution in [2.75, 3.05) is 19.6 Å². The van der Waals surface area contributed by atoms with Gasteiger partial charge in [0.15, 0.2) is 0 Å². The number of rotatable bonds is 2. The number of carbonyl (C=O) groups is 1. The molecule has 16 heavy (non-hydrogen) atoms. The molecule has 0 bridgehead atoms. The molecule has 0 aliphatic carbocycles. The van der Waals surface area contributed by atoms with Crippen molar-refractivity contribution < 1.29 is 4.79 Å². The fraction of sp³-hybridized carbons (Fsp3) is 0.545. The summed E-state index contributed by atoms with van der Waals surface area (Å²) < 4.78 is 0. The van der Waals surface area contributed by atoms with E-state index in [0.29, 0.717) is 24.6 Å². The number of piperazine rings is 1.